The highest BCUT2D eigenvalue weighted by molar-refractivity contribution is 6.08. The van der Waals surface area contributed by atoms with Gasteiger partial charge in [-0.3, -0.25) is 9.59 Å². The minimum atomic E-state index is -4.64. The van der Waals surface area contributed by atoms with Crippen molar-refractivity contribution in [1.82, 2.24) is 9.58 Å². The zero-order valence-corrected chi connectivity index (χ0v) is 22.0. The van der Waals surface area contributed by atoms with Crippen LogP contribution in [0.1, 0.15) is 42.0 Å². The summed E-state index contributed by atoms with van der Waals surface area (Å²) in [6, 6.07) is 16.0. The van der Waals surface area contributed by atoms with Gasteiger partial charge in [-0.2, -0.15) is 18.3 Å². The zero-order chi connectivity index (χ0) is 28.4. The van der Waals surface area contributed by atoms with Crippen LogP contribution in [0.3, 0.4) is 0 Å². The predicted molar refractivity (Wildman–Crippen MR) is 144 cm³/mol. The van der Waals surface area contributed by atoms with E-state index in [1.54, 1.807) is 26.4 Å². The maximum Gasteiger partial charge on any atom is 0.417 e. The predicted octanol–water partition coefficient (Wildman–Crippen LogP) is 5.71. The van der Waals surface area contributed by atoms with Gasteiger partial charge in [0.25, 0.3) is 11.5 Å². The van der Waals surface area contributed by atoms with E-state index in [4.69, 9.17) is 14.6 Å². The van der Waals surface area contributed by atoms with E-state index in [9.17, 15) is 22.8 Å². The maximum absolute atomic E-state index is 13.6. The number of fused-ring (bicyclic) bond motifs is 1. The summed E-state index contributed by atoms with van der Waals surface area (Å²) in [7, 11) is 3.16. The Bertz CT molecular complexity index is 1510. The highest BCUT2D eigenvalue weighted by atomic mass is 19.4. The number of allylic oxidation sites excluding steroid dienone is 1. The highest BCUT2D eigenvalue weighted by Crippen LogP contribution is 2.44. The van der Waals surface area contributed by atoms with Crippen LogP contribution in [0, 0.1) is 5.92 Å². The van der Waals surface area contributed by atoms with Crippen LogP contribution in [0.4, 0.5) is 13.2 Å². The third kappa shape index (κ3) is 5.52. The van der Waals surface area contributed by atoms with Gasteiger partial charge in [0, 0.05) is 18.2 Å². The Morgan fingerprint density at radius 2 is 1.65 bits per heavy atom. The lowest BCUT2D eigenvalue weighted by Crippen LogP contribution is -2.36. The number of amides is 1. The Labute approximate surface area is 229 Å². The number of carbonyl (C=O) groups is 1. The fourth-order valence-corrected chi connectivity index (χ4v) is 5.28. The number of aromatic nitrogens is 1. The van der Waals surface area contributed by atoms with Gasteiger partial charge in [-0.15, -0.1) is 0 Å². The summed E-state index contributed by atoms with van der Waals surface area (Å²) in [6.45, 7) is -0.573. The van der Waals surface area contributed by atoms with Crippen LogP contribution in [0.2, 0.25) is 0 Å². The Hall–Kier alpha value is -4.34. The molecule has 208 valence electrons. The van der Waals surface area contributed by atoms with Crippen molar-refractivity contribution in [1.29, 1.82) is 0 Å². The van der Waals surface area contributed by atoms with Crippen molar-refractivity contribution in [3.63, 3.8) is 0 Å². The summed E-state index contributed by atoms with van der Waals surface area (Å²) in [6.07, 6.45) is 0.505. The quantitative estimate of drug-likeness (QED) is 0.394. The van der Waals surface area contributed by atoms with Gasteiger partial charge in [-0.25, -0.2) is 5.01 Å². The van der Waals surface area contributed by atoms with Gasteiger partial charge in [-0.05, 0) is 72.4 Å². The molecule has 7 nitrogen and oxygen atoms in total. The van der Waals surface area contributed by atoms with E-state index >= 15 is 0 Å². The second-order valence-electron chi connectivity index (χ2n) is 9.76. The molecule has 2 atom stereocenters. The maximum atomic E-state index is 13.6. The van der Waals surface area contributed by atoms with Crippen LogP contribution >= 0.6 is 0 Å². The second-order valence-corrected chi connectivity index (χ2v) is 9.76. The van der Waals surface area contributed by atoms with E-state index in [0.717, 1.165) is 58.1 Å². The lowest BCUT2D eigenvalue weighted by molar-refractivity contribution is -0.139. The van der Waals surface area contributed by atoms with E-state index in [1.165, 1.54) is 5.01 Å². The number of hydrogen-bond donors (Lipinski definition) is 0. The number of halogens is 3. The number of rotatable bonds is 6. The van der Waals surface area contributed by atoms with Crippen LogP contribution in [-0.4, -0.2) is 35.4 Å². The minimum Gasteiger partial charge on any atom is -0.497 e. The van der Waals surface area contributed by atoms with E-state index in [2.05, 4.69) is 0 Å². The summed E-state index contributed by atoms with van der Waals surface area (Å²) in [5, 5.41) is 6.09. The second kappa shape index (κ2) is 11.0. The number of methoxy groups -OCH3 is 2. The van der Waals surface area contributed by atoms with Gasteiger partial charge in [0.1, 0.15) is 18.0 Å². The number of nitrogens with zero attached hydrogens (tertiary/aromatic N) is 3. The van der Waals surface area contributed by atoms with Crippen LogP contribution in [0.15, 0.2) is 82.3 Å². The van der Waals surface area contributed by atoms with E-state index in [1.807, 2.05) is 42.5 Å². The van der Waals surface area contributed by atoms with Crippen LogP contribution in [-0.2, 0) is 17.5 Å². The van der Waals surface area contributed by atoms with Crippen molar-refractivity contribution in [3.05, 3.63) is 99.5 Å². The third-order valence-corrected chi connectivity index (χ3v) is 7.29. The number of benzene rings is 2. The Morgan fingerprint density at radius 3 is 2.27 bits per heavy atom. The average molecular weight is 552 g/mol. The van der Waals surface area contributed by atoms with Crippen molar-refractivity contribution in [2.24, 2.45) is 11.0 Å². The Morgan fingerprint density at radius 1 is 1.00 bits per heavy atom. The average Bonchev–Trinajstić information content (AvgIpc) is 3.35. The monoisotopic (exact) mass is 551 g/mol. The standard InChI is InChI=1S/C30H28F3N3O4/c1-39-23-11-6-19(7-12-23)16-21-4-3-5-25-28(21)34-36(29(25)20-8-13-24(40-2)14-9-20)27(38)18-35-17-22(30(31,32)33)10-15-26(35)37/h6-17,25,29H,3-5,18H2,1-2H3/b21-16-/t25-,29+/m0/s1. The molecule has 2 aromatic carbocycles. The van der Waals surface area contributed by atoms with Gasteiger partial charge in [-0.1, -0.05) is 24.3 Å². The van der Waals surface area contributed by atoms with Crippen molar-refractivity contribution in [2.75, 3.05) is 14.2 Å². The molecule has 0 radical (unpaired) electrons. The van der Waals surface area contributed by atoms with Gasteiger partial charge >= 0.3 is 6.18 Å². The molecule has 1 aliphatic heterocycles. The zero-order valence-electron chi connectivity index (χ0n) is 22.0. The lowest BCUT2D eigenvalue weighted by Gasteiger charge is -2.30. The summed E-state index contributed by atoms with van der Waals surface area (Å²) in [4.78, 5) is 26.0. The van der Waals surface area contributed by atoms with Crippen molar-refractivity contribution >= 4 is 17.7 Å². The molecule has 2 heterocycles. The number of pyridine rings is 1. The molecule has 0 saturated heterocycles. The molecule has 0 bridgehead atoms. The van der Waals surface area contributed by atoms with Gasteiger partial charge in [0.15, 0.2) is 0 Å². The topological polar surface area (TPSA) is 73.1 Å². The van der Waals surface area contributed by atoms with E-state index in [-0.39, 0.29) is 5.92 Å². The molecule has 10 heteroatoms. The molecule has 3 aromatic rings. The van der Waals surface area contributed by atoms with Gasteiger partial charge in [0.2, 0.25) is 0 Å². The summed E-state index contributed by atoms with van der Waals surface area (Å²) in [5.41, 5.74) is 1.84. The molecule has 1 aliphatic carbocycles. The summed E-state index contributed by atoms with van der Waals surface area (Å²) < 4.78 is 51.2. The molecule has 1 saturated carbocycles. The number of carbonyl (C=O) groups excluding carboxylic acids is 1. The molecule has 40 heavy (non-hydrogen) atoms. The van der Waals surface area contributed by atoms with Crippen molar-refractivity contribution in [2.45, 2.75) is 38.0 Å². The third-order valence-electron chi connectivity index (χ3n) is 7.29. The SMILES string of the molecule is COc1ccc(/C=C2/CCC[C@H]3C2=NN(C(=O)Cn2cc(C(F)(F)F)ccc2=O)[C@@H]3c2ccc(OC)cc2)cc1. The molecule has 0 unspecified atom stereocenters. The van der Waals surface area contributed by atoms with E-state index < -0.39 is 35.8 Å². The van der Waals surface area contributed by atoms with Crippen LogP contribution in [0.5, 0.6) is 11.5 Å². The number of hydrazone groups is 1. The van der Waals surface area contributed by atoms with Gasteiger partial charge < -0.3 is 14.0 Å². The smallest absolute Gasteiger partial charge is 0.417 e. The normalized spacial score (nSPS) is 19.8. The number of hydrogen-bond acceptors (Lipinski definition) is 5. The largest absolute Gasteiger partial charge is 0.497 e. The first-order chi connectivity index (χ1) is 19.2. The first-order valence-electron chi connectivity index (χ1n) is 12.8. The minimum absolute atomic E-state index is 0.117. The summed E-state index contributed by atoms with van der Waals surface area (Å²) >= 11 is 0. The molecule has 1 fully saturated rings. The van der Waals surface area contributed by atoms with Crippen LogP contribution < -0.4 is 15.0 Å². The molecule has 0 spiro atoms. The molecular formula is C30H28F3N3O4. The molecule has 2 aliphatic rings. The lowest BCUT2D eigenvalue weighted by atomic mass is 9.77. The molecular weight excluding hydrogens is 523 g/mol. The first kappa shape index (κ1) is 27.2. The highest BCUT2D eigenvalue weighted by Gasteiger charge is 2.44. The Balaban J connectivity index is 1.52. The van der Waals surface area contributed by atoms with E-state index in [0.29, 0.717) is 18.0 Å². The molecule has 1 amide bonds. The Kier molecular flexibility index (Phi) is 7.51. The van der Waals surface area contributed by atoms with Crippen LogP contribution in [0.25, 0.3) is 6.08 Å². The number of ether oxygens (including phenoxy) is 2. The van der Waals surface area contributed by atoms with Crippen molar-refractivity contribution in [3.8, 4) is 11.5 Å². The molecule has 0 N–H and O–H groups in total. The van der Waals surface area contributed by atoms with Gasteiger partial charge in [0.05, 0.1) is 31.5 Å². The molecule has 5 rings (SSSR count). The number of alkyl halides is 3. The van der Waals surface area contributed by atoms with Crippen molar-refractivity contribution < 1.29 is 27.4 Å². The first-order valence-corrected chi connectivity index (χ1v) is 12.8. The fourth-order valence-electron chi connectivity index (χ4n) is 5.28. The molecule has 1 aromatic heterocycles. The fraction of sp³-hybridized carbons (Fsp3) is 0.300. The summed E-state index contributed by atoms with van der Waals surface area (Å²) in [5.74, 6) is 0.699.